The number of carbonyl (C=O) groups excluding carboxylic acids is 2. The molecule has 1 heterocycles. The van der Waals surface area contributed by atoms with E-state index in [4.69, 9.17) is 5.26 Å². The van der Waals surface area contributed by atoms with Crippen LogP contribution in [-0.4, -0.2) is 23.3 Å². The fourth-order valence-corrected chi connectivity index (χ4v) is 3.84. The van der Waals surface area contributed by atoms with Crippen LogP contribution < -0.4 is 4.90 Å². The van der Waals surface area contributed by atoms with Crippen LogP contribution in [0.15, 0.2) is 72.5 Å². The van der Waals surface area contributed by atoms with Crippen LogP contribution in [0.25, 0.3) is 0 Å². The minimum atomic E-state index is -4.58. The summed E-state index contributed by atoms with van der Waals surface area (Å²) in [5.41, 5.74) is 0.650. The molecule has 1 aliphatic heterocycles. The van der Waals surface area contributed by atoms with Gasteiger partial charge < -0.3 is 4.90 Å². The van der Waals surface area contributed by atoms with Gasteiger partial charge in [-0.15, -0.1) is 6.58 Å². The van der Waals surface area contributed by atoms with Crippen molar-refractivity contribution in [3.05, 3.63) is 89.1 Å². The number of ketones is 1. The number of benzene rings is 2. The lowest BCUT2D eigenvalue weighted by molar-refractivity contribution is -0.137. The molecular formula is C24H20F3N3O2. The molecular weight excluding hydrogens is 419 g/mol. The van der Waals surface area contributed by atoms with Crippen molar-refractivity contribution in [3.63, 3.8) is 0 Å². The first-order valence-corrected chi connectivity index (χ1v) is 9.70. The van der Waals surface area contributed by atoms with Gasteiger partial charge in [0.1, 0.15) is 0 Å². The highest BCUT2D eigenvalue weighted by molar-refractivity contribution is 6.05. The molecule has 5 nitrogen and oxygen atoms in total. The van der Waals surface area contributed by atoms with Crippen LogP contribution in [0.3, 0.4) is 0 Å². The minimum Gasteiger partial charge on any atom is -0.309 e. The second-order valence-electron chi connectivity index (χ2n) is 7.30. The zero-order valence-electron chi connectivity index (χ0n) is 17.5. The van der Waals surface area contributed by atoms with Crippen molar-refractivity contribution in [2.24, 2.45) is 0 Å². The summed E-state index contributed by atoms with van der Waals surface area (Å²) in [7, 11) is 0. The molecule has 8 heteroatoms. The summed E-state index contributed by atoms with van der Waals surface area (Å²) in [6.07, 6.45) is -3.10. The largest absolute Gasteiger partial charge is 0.416 e. The van der Waals surface area contributed by atoms with Crippen LogP contribution in [0, 0.1) is 11.3 Å². The molecule has 0 bridgehead atoms. The van der Waals surface area contributed by atoms with E-state index in [1.807, 2.05) is 6.07 Å². The first-order chi connectivity index (χ1) is 15.1. The normalized spacial score (nSPS) is 16.8. The third-order valence-corrected chi connectivity index (χ3v) is 5.24. The summed E-state index contributed by atoms with van der Waals surface area (Å²) in [5, 5.41) is 9.06. The summed E-state index contributed by atoms with van der Waals surface area (Å²) in [5.74, 6) is -0.324. The molecule has 0 saturated carbocycles. The predicted molar refractivity (Wildman–Crippen MR) is 114 cm³/mol. The molecule has 0 aliphatic carbocycles. The van der Waals surface area contributed by atoms with Crippen molar-refractivity contribution in [2.45, 2.75) is 26.1 Å². The Bertz CT molecular complexity index is 1140. The third-order valence-electron chi connectivity index (χ3n) is 5.24. The van der Waals surface area contributed by atoms with Crippen LogP contribution >= 0.6 is 0 Å². The van der Waals surface area contributed by atoms with Gasteiger partial charge in [-0.1, -0.05) is 24.3 Å². The summed E-state index contributed by atoms with van der Waals surface area (Å²) in [6.45, 7) is 6.62. The van der Waals surface area contributed by atoms with Gasteiger partial charge in [0.05, 0.1) is 28.9 Å². The summed E-state index contributed by atoms with van der Waals surface area (Å²) >= 11 is 0. The number of rotatable bonds is 5. The number of nitriles is 1. The highest BCUT2D eigenvalue weighted by Crippen LogP contribution is 2.41. The predicted octanol–water partition coefficient (Wildman–Crippen LogP) is 5.61. The van der Waals surface area contributed by atoms with E-state index in [1.54, 1.807) is 24.3 Å². The van der Waals surface area contributed by atoms with E-state index in [2.05, 4.69) is 6.58 Å². The lowest BCUT2D eigenvalue weighted by Crippen LogP contribution is -2.50. The highest BCUT2D eigenvalue weighted by Gasteiger charge is 2.41. The van der Waals surface area contributed by atoms with Crippen molar-refractivity contribution >= 4 is 17.5 Å². The van der Waals surface area contributed by atoms with E-state index < -0.39 is 23.8 Å². The standard InChI is InChI=1S/C24H20F3N3O2/c1-4-12-29-22(18-10-8-17(14-28)9-11-18)21(16(3)31)15(2)30(23(29)32)20-7-5-6-19(13-20)24(25,26)27/h4-11,13,22H,1,12H2,2-3H3. The molecule has 1 atom stereocenters. The Balaban J connectivity index is 2.23. The van der Waals surface area contributed by atoms with Gasteiger partial charge in [0, 0.05) is 17.8 Å². The average molecular weight is 439 g/mol. The Hall–Kier alpha value is -3.86. The number of nitrogens with zero attached hydrogens (tertiary/aromatic N) is 3. The first kappa shape index (κ1) is 22.8. The molecule has 0 spiro atoms. The SMILES string of the molecule is C=CCN1C(=O)N(c2cccc(C(F)(F)F)c2)C(C)=C(C(C)=O)C1c1ccc(C#N)cc1. The van der Waals surface area contributed by atoms with Crippen molar-refractivity contribution in [3.8, 4) is 6.07 Å². The smallest absolute Gasteiger partial charge is 0.309 e. The molecule has 3 rings (SSSR count). The van der Waals surface area contributed by atoms with Crippen molar-refractivity contribution in [2.75, 3.05) is 11.4 Å². The van der Waals surface area contributed by atoms with Gasteiger partial charge in [-0.2, -0.15) is 18.4 Å². The summed E-state index contributed by atoms with van der Waals surface area (Å²) in [6, 6.07) is 11.5. The van der Waals surface area contributed by atoms with E-state index in [1.165, 1.54) is 37.0 Å². The maximum Gasteiger partial charge on any atom is 0.416 e. The van der Waals surface area contributed by atoms with E-state index in [-0.39, 0.29) is 29.3 Å². The Morgan fingerprint density at radius 1 is 1.22 bits per heavy atom. The molecule has 164 valence electrons. The van der Waals surface area contributed by atoms with Crippen molar-refractivity contribution < 1.29 is 22.8 Å². The van der Waals surface area contributed by atoms with Crippen LogP contribution in [0.2, 0.25) is 0 Å². The molecule has 2 aromatic carbocycles. The van der Waals surface area contributed by atoms with Gasteiger partial charge in [-0.05, 0) is 49.7 Å². The van der Waals surface area contributed by atoms with Crippen LogP contribution in [0.4, 0.5) is 23.7 Å². The van der Waals surface area contributed by atoms with Crippen molar-refractivity contribution in [1.82, 2.24) is 4.90 Å². The van der Waals surface area contributed by atoms with Gasteiger partial charge in [0.15, 0.2) is 5.78 Å². The maximum atomic E-state index is 13.5. The summed E-state index contributed by atoms with van der Waals surface area (Å²) < 4.78 is 39.8. The van der Waals surface area contributed by atoms with Gasteiger partial charge in [0.2, 0.25) is 0 Å². The second-order valence-corrected chi connectivity index (χ2v) is 7.30. The quantitative estimate of drug-likeness (QED) is 0.569. The zero-order chi connectivity index (χ0) is 23.6. The maximum absolute atomic E-state index is 13.5. The van der Waals surface area contributed by atoms with Gasteiger partial charge in [-0.25, -0.2) is 4.79 Å². The molecule has 32 heavy (non-hydrogen) atoms. The fraction of sp³-hybridized carbons (Fsp3) is 0.208. The van der Waals surface area contributed by atoms with E-state index in [9.17, 15) is 22.8 Å². The van der Waals surface area contributed by atoms with Crippen LogP contribution in [0.5, 0.6) is 0 Å². The second kappa shape index (κ2) is 8.71. The van der Waals surface area contributed by atoms with Gasteiger partial charge in [-0.3, -0.25) is 9.69 Å². The molecule has 0 fully saturated rings. The zero-order valence-corrected chi connectivity index (χ0v) is 17.5. The molecule has 2 aromatic rings. The number of amides is 2. The molecule has 2 amide bonds. The molecule has 0 radical (unpaired) electrons. The molecule has 0 aromatic heterocycles. The number of allylic oxidation sites excluding steroid dienone is 1. The Labute approximate surface area is 183 Å². The van der Waals surface area contributed by atoms with Gasteiger partial charge in [0.25, 0.3) is 0 Å². The van der Waals surface area contributed by atoms with Gasteiger partial charge >= 0.3 is 12.2 Å². The first-order valence-electron chi connectivity index (χ1n) is 9.70. The average Bonchev–Trinajstić information content (AvgIpc) is 2.75. The van der Waals surface area contributed by atoms with E-state index >= 15 is 0 Å². The Morgan fingerprint density at radius 2 is 1.88 bits per heavy atom. The fourth-order valence-electron chi connectivity index (χ4n) is 3.84. The molecule has 1 unspecified atom stereocenters. The lowest BCUT2D eigenvalue weighted by atomic mass is 9.90. The summed E-state index contributed by atoms with van der Waals surface area (Å²) in [4.78, 5) is 28.7. The number of hydrogen-bond donors (Lipinski definition) is 0. The third kappa shape index (κ3) is 4.14. The number of Topliss-reactive ketones (excluding diaryl/α,β-unsaturated/α-hetero) is 1. The van der Waals surface area contributed by atoms with Crippen molar-refractivity contribution in [1.29, 1.82) is 5.26 Å². The minimum absolute atomic E-state index is 0.00779. The Morgan fingerprint density at radius 3 is 2.41 bits per heavy atom. The van der Waals surface area contributed by atoms with E-state index in [0.29, 0.717) is 11.1 Å². The number of hydrogen-bond acceptors (Lipinski definition) is 3. The number of carbonyl (C=O) groups is 2. The molecule has 0 N–H and O–H groups in total. The van der Waals surface area contributed by atoms with Crippen LogP contribution in [-0.2, 0) is 11.0 Å². The van der Waals surface area contributed by atoms with E-state index in [0.717, 1.165) is 17.0 Å². The van der Waals surface area contributed by atoms with Crippen LogP contribution in [0.1, 0.15) is 36.6 Å². The number of anilines is 1. The molecule has 1 aliphatic rings. The lowest BCUT2D eigenvalue weighted by Gasteiger charge is -2.42. The monoisotopic (exact) mass is 439 g/mol. The number of alkyl halides is 3. The Kier molecular flexibility index (Phi) is 6.21. The highest BCUT2D eigenvalue weighted by atomic mass is 19.4. The number of urea groups is 1. The topological polar surface area (TPSA) is 64.4 Å². The number of halogens is 3. The molecule has 0 saturated heterocycles.